The minimum atomic E-state index is 0.327. The van der Waals surface area contributed by atoms with Crippen LogP contribution in [0.1, 0.15) is 16.8 Å². The van der Waals surface area contributed by atoms with Gasteiger partial charge in [-0.1, -0.05) is 18.2 Å². The van der Waals surface area contributed by atoms with E-state index in [0.717, 1.165) is 16.8 Å². The fraction of sp³-hybridized carbons (Fsp3) is 0.231. The summed E-state index contributed by atoms with van der Waals surface area (Å²) in [5, 5.41) is 12.9. The van der Waals surface area contributed by atoms with Crippen molar-refractivity contribution in [3.63, 3.8) is 0 Å². The van der Waals surface area contributed by atoms with Crippen LogP contribution in [0, 0.1) is 13.8 Å². The molecule has 2 rings (SSSR count). The van der Waals surface area contributed by atoms with Crippen LogP contribution in [0.15, 0.2) is 30.5 Å². The van der Waals surface area contributed by atoms with E-state index in [1.54, 1.807) is 6.20 Å². The summed E-state index contributed by atoms with van der Waals surface area (Å²) in [6.45, 7) is 4.30. The number of phenolic OH excluding ortho intramolecular Hbond substituents is 1. The van der Waals surface area contributed by atoms with Gasteiger partial charge in [0.05, 0.1) is 0 Å². The van der Waals surface area contributed by atoms with E-state index in [9.17, 15) is 5.11 Å². The SMILES string of the molecule is Cc1ccnc(NCc2cccc(C)c2O)n1. The van der Waals surface area contributed by atoms with Crippen molar-refractivity contribution < 1.29 is 5.11 Å². The van der Waals surface area contributed by atoms with Crippen LogP contribution >= 0.6 is 0 Å². The molecule has 1 aromatic carbocycles. The van der Waals surface area contributed by atoms with Gasteiger partial charge in [-0.2, -0.15) is 0 Å². The molecule has 0 bridgehead atoms. The zero-order valence-electron chi connectivity index (χ0n) is 9.94. The van der Waals surface area contributed by atoms with Crippen molar-refractivity contribution in [1.29, 1.82) is 0 Å². The lowest BCUT2D eigenvalue weighted by atomic mass is 10.1. The van der Waals surface area contributed by atoms with Gasteiger partial charge < -0.3 is 10.4 Å². The number of anilines is 1. The van der Waals surface area contributed by atoms with Gasteiger partial charge >= 0.3 is 0 Å². The first kappa shape index (κ1) is 11.4. The number of aromatic nitrogens is 2. The predicted molar refractivity (Wildman–Crippen MR) is 66.9 cm³/mol. The summed E-state index contributed by atoms with van der Waals surface area (Å²) in [6, 6.07) is 7.52. The Balaban J connectivity index is 2.10. The summed E-state index contributed by atoms with van der Waals surface area (Å²) in [6.07, 6.45) is 1.71. The molecule has 0 aliphatic heterocycles. The van der Waals surface area contributed by atoms with Crippen LogP contribution in [-0.2, 0) is 6.54 Å². The number of nitrogens with one attached hydrogen (secondary N) is 1. The van der Waals surface area contributed by atoms with Crippen molar-refractivity contribution in [2.24, 2.45) is 0 Å². The van der Waals surface area contributed by atoms with E-state index >= 15 is 0 Å². The number of nitrogens with zero attached hydrogens (tertiary/aromatic N) is 2. The number of aromatic hydroxyl groups is 1. The molecule has 2 N–H and O–H groups in total. The van der Waals surface area contributed by atoms with Gasteiger partial charge in [-0.05, 0) is 25.5 Å². The zero-order chi connectivity index (χ0) is 12.3. The average molecular weight is 229 g/mol. The van der Waals surface area contributed by atoms with Crippen molar-refractivity contribution in [3.8, 4) is 5.75 Å². The van der Waals surface area contributed by atoms with Crippen molar-refractivity contribution in [2.45, 2.75) is 20.4 Å². The molecule has 0 fully saturated rings. The van der Waals surface area contributed by atoms with Crippen molar-refractivity contribution >= 4 is 5.95 Å². The van der Waals surface area contributed by atoms with E-state index in [0.29, 0.717) is 18.2 Å². The van der Waals surface area contributed by atoms with E-state index in [1.165, 1.54) is 0 Å². The molecule has 0 aliphatic carbocycles. The van der Waals surface area contributed by atoms with Crippen molar-refractivity contribution in [2.75, 3.05) is 5.32 Å². The number of aryl methyl sites for hydroxylation is 2. The van der Waals surface area contributed by atoms with Gasteiger partial charge in [0.25, 0.3) is 0 Å². The molecule has 0 spiro atoms. The standard InChI is InChI=1S/C13H15N3O/c1-9-4-3-5-11(12(9)17)8-15-13-14-7-6-10(2)16-13/h3-7,17H,8H2,1-2H3,(H,14,15,16). The van der Waals surface area contributed by atoms with Gasteiger partial charge in [-0.25, -0.2) is 9.97 Å². The monoisotopic (exact) mass is 229 g/mol. The fourth-order valence-corrected chi connectivity index (χ4v) is 1.57. The second kappa shape index (κ2) is 4.82. The van der Waals surface area contributed by atoms with Gasteiger partial charge in [0.15, 0.2) is 0 Å². The molecule has 4 nitrogen and oxygen atoms in total. The summed E-state index contributed by atoms with van der Waals surface area (Å²) < 4.78 is 0. The summed E-state index contributed by atoms with van der Waals surface area (Å²) >= 11 is 0. The lowest BCUT2D eigenvalue weighted by Crippen LogP contribution is -2.04. The lowest BCUT2D eigenvalue weighted by Gasteiger charge is -2.08. The average Bonchev–Trinajstić information content (AvgIpc) is 2.31. The maximum absolute atomic E-state index is 9.85. The highest BCUT2D eigenvalue weighted by Gasteiger charge is 2.04. The number of para-hydroxylation sites is 1. The normalized spacial score (nSPS) is 10.2. The van der Waals surface area contributed by atoms with Crippen LogP contribution in [0.2, 0.25) is 0 Å². The second-order valence-electron chi connectivity index (χ2n) is 3.96. The van der Waals surface area contributed by atoms with Gasteiger partial charge in [0.1, 0.15) is 5.75 Å². The van der Waals surface area contributed by atoms with Crippen molar-refractivity contribution in [1.82, 2.24) is 9.97 Å². The molecule has 17 heavy (non-hydrogen) atoms. The molecule has 2 aromatic rings. The molecule has 0 saturated heterocycles. The Morgan fingerprint density at radius 2 is 2.06 bits per heavy atom. The first-order valence-corrected chi connectivity index (χ1v) is 5.48. The maximum Gasteiger partial charge on any atom is 0.223 e. The van der Waals surface area contributed by atoms with E-state index in [-0.39, 0.29) is 0 Å². The third kappa shape index (κ3) is 2.72. The lowest BCUT2D eigenvalue weighted by molar-refractivity contribution is 0.465. The Morgan fingerprint density at radius 3 is 2.82 bits per heavy atom. The van der Waals surface area contributed by atoms with Crippen LogP contribution in [0.5, 0.6) is 5.75 Å². The molecule has 4 heteroatoms. The Morgan fingerprint density at radius 1 is 1.24 bits per heavy atom. The molecule has 0 unspecified atom stereocenters. The van der Waals surface area contributed by atoms with Gasteiger partial charge in [-0.15, -0.1) is 0 Å². The van der Waals surface area contributed by atoms with E-state index in [4.69, 9.17) is 0 Å². The fourth-order valence-electron chi connectivity index (χ4n) is 1.57. The number of benzene rings is 1. The highest BCUT2D eigenvalue weighted by atomic mass is 16.3. The summed E-state index contributed by atoms with van der Waals surface area (Å²) in [7, 11) is 0. The highest BCUT2D eigenvalue weighted by Crippen LogP contribution is 2.21. The largest absolute Gasteiger partial charge is 0.507 e. The Bertz CT molecular complexity index is 526. The third-order valence-electron chi connectivity index (χ3n) is 2.55. The molecule has 0 amide bonds. The third-order valence-corrected chi connectivity index (χ3v) is 2.55. The molecule has 1 aromatic heterocycles. The van der Waals surface area contributed by atoms with Crippen LogP contribution < -0.4 is 5.32 Å². The molecule has 0 atom stereocenters. The maximum atomic E-state index is 9.85. The molecule has 0 radical (unpaired) electrons. The predicted octanol–water partition coefficient (Wildman–Crippen LogP) is 2.41. The molecular formula is C13H15N3O. The smallest absolute Gasteiger partial charge is 0.223 e. The van der Waals surface area contributed by atoms with Gasteiger partial charge in [0, 0.05) is 24.0 Å². The summed E-state index contributed by atoms with van der Waals surface area (Å²) in [5.74, 6) is 0.901. The highest BCUT2D eigenvalue weighted by molar-refractivity contribution is 5.41. The Labute approximate surface area is 100 Å². The van der Waals surface area contributed by atoms with Crippen LogP contribution in [0.3, 0.4) is 0 Å². The number of rotatable bonds is 3. The first-order chi connectivity index (χ1) is 8.16. The Hall–Kier alpha value is -2.10. The minimum Gasteiger partial charge on any atom is -0.507 e. The van der Waals surface area contributed by atoms with Crippen molar-refractivity contribution in [3.05, 3.63) is 47.3 Å². The minimum absolute atomic E-state index is 0.327. The molecule has 88 valence electrons. The zero-order valence-corrected chi connectivity index (χ0v) is 9.94. The van der Waals surface area contributed by atoms with Crippen LogP contribution in [-0.4, -0.2) is 15.1 Å². The molecule has 1 heterocycles. The van der Waals surface area contributed by atoms with E-state index in [2.05, 4.69) is 15.3 Å². The molecular weight excluding hydrogens is 214 g/mol. The van der Waals surface area contributed by atoms with E-state index in [1.807, 2.05) is 38.1 Å². The number of phenols is 1. The molecule has 0 aliphatic rings. The quantitative estimate of drug-likeness (QED) is 0.848. The number of hydrogen-bond acceptors (Lipinski definition) is 4. The Kier molecular flexibility index (Phi) is 3.23. The first-order valence-electron chi connectivity index (χ1n) is 5.48. The topological polar surface area (TPSA) is 58.0 Å². The van der Waals surface area contributed by atoms with Gasteiger partial charge in [0.2, 0.25) is 5.95 Å². The number of hydrogen-bond donors (Lipinski definition) is 2. The van der Waals surface area contributed by atoms with Crippen LogP contribution in [0.25, 0.3) is 0 Å². The second-order valence-corrected chi connectivity index (χ2v) is 3.96. The van der Waals surface area contributed by atoms with Gasteiger partial charge in [-0.3, -0.25) is 0 Å². The summed E-state index contributed by atoms with van der Waals surface area (Å²) in [4.78, 5) is 8.34. The van der Waals surface area contributed by atoms with E-state index < -0.39 is 0 Å². The summed E-state index contributed by atoms with van der Waals surface area (Å²) in [5.41, 5.74) is 2.63. The van der Waals surface area contributed by atoms with Crippen LogP contribution in [0.4, 0.5) is 5.95 Å². The molecule has 0 saturated carbocycles.